The highest BCUT2D eigenvalue weighted by molar-refractivity contribution is 7.92. The van der Waals surface area contributed by atoms with Crippen molar-refractivity contribution in [3.05, 3.63) is 0 Å². The van der Waals surface area contributed by atoms with Gasteiger partial charge in [-0.3, -0.25) is 4.79 Å². The normalized spacial score (nSPS) is 22.0. The third kappa shape index (κ3) is 5.18. The van der Waals surface area contributed by atoms with Crippen molar-refractivity contribution in [1.82, 2.24) is 10.2 Å². The van der Waals surface area contributed by atoms with Gasteiger partial charge in [-0.2, -0.15) is 0 Å². The predicted octanol–water partition coefficient (Wildman–Crippen LogP) is 0.545. The summed E-state index contributed by atoms with van der Waals surface area (Å²) in [5, 5.41) is 1.34. The molecular formula is C13H24N2O5S. The van der Waals surface area contributed by atoms with Gasteiger partial charge in [-0.25, -0.2) is 13.2 Å². The van der Waals surface area contributed by atoms with Crippen molar-refractivity contribution in [2.75, 3.05) is 18.8 Å². The van der Waals surface area contributed by atoms with Gasteiger partial charge >= 0.3 is 6.09 Å². The van der Waals surface area contributed by atoms with E-state index in [0.29, 0.717) is 0 Å². The molecule has 0 radical (unpaired) electrons. The highest BCUT2D eigenvalue weighted by Crippen LogP contribution is 2.17. The van der Waals surface area contributed by atoms with Crippen molar-refractivity contribution >= 4 is 21.8 Å². The molecule has 1 N–H and O–H groups in total. The first-order valence-corrected chi connectivity index (χ1v) is 8.64. The van der Waals surface area contributed by atoms with Gasteiger partial charge in [0.1, 0.15) is 5.60 Å². The fourth-order valence-electron chi connectivity index (χ4n) is 1.90. The Hall–Kier alpha value is -1.31. The SMILES string of the molecule is CC(C)NC(=O)C1CN(C(=O)OC(C)(C)C)CCS1(=O)=O. The summed E-state index contributed by atoms with van der Waals surface area (Å²) in [5.74, 6) is -0.805. The van der Waals surface area contributed by atoms with Gasteiger partial charge in [-0.05, 0) is 34.6 Å². The molecule has 1 unspecified atom stereocenters. The number of amides is 2. The minimum atomic E-state index is -3.54. The van der Waals surface area contributed by atoms with Crippen LogP contribution in [0.3, 0.4) is 0 Å². The number of nitrogens with one attached hydrogen (secondary N) is 1. The molecule has 7 nitrogen and oxygen atoms in total. The molecule has 0 aromatic heterocycles. The lowest BCUT2D eigenvalue weighted by Crippen LogP contribution is -2.56. The van der Waals surface area contributed by atoms with E-state index >= 15 is 0 Å². The largest absolute Gasteiger partial charge is 0.444 e. The zero-order valence-corrected chi connectivity index (χ0v) is 14.0. The molecule has 8 heteroatoms. The van der Waals surface area contributed by atoms with E-state index in [2.05, 4.69) is 5.32 Å². The third-order valence-electron chi connectivity index (χ3n) is 2.84. The van der Waals surface area contributed by atoms with Crippen LogP contribution in [0, 0.1) is 0 Å². The molecule has 1 fully saturated rings. The zero-order valence-electron chi connectivity index (χ0n) is 13.2. The summed E-state index contributed by atoms with van der Waals surface area (Å²) in [7, 11) is -3.54. The average molecular weight is 320 g/mol. The second kappa shape index (κ2) is 6.21. The monoisotopic (exact) mass is 320 g/mol. The molecule has 21 heavy (non-hydrogen) atoms. The van der Waals surface area contributed by atoms with E-state index in [1.165, 1.54) is 4.90 Å². The molecule has 2 amide bonds. The Balaban J connectivity index is 2.83. The number of hydrogen-bond acceptors (Lipinski definition) is 5. The van der Waals surface area contributed by atoms with Crippen molar-refractivity contribution in [2.45, 2.75) is 51.5 Å². The van der Waals surface area contributed by atoms with Crippen LogP contribution in [0.2, 0.25) is 0 Å². The molecule has 0 bridgehead atoms. The first-order valence-electron chi connectivity index (χ1n) is 6.92. The highest BCUT2D eigenvalue weighted by Gasteiger charge is 2.40. The maximum Gasteiger partial charge on any atom is 0.410 e. The molecule has 0 aromatic rings. The smallest absolute Gasteiger partial charge is 0.410 e. The summed E-state index contributed by atoms with van der Waals surface area (Å²) in [4.78, 5) is 25.3. The number of hydrogen-bond donors (Lipinski definition) is 1. The van der Waals surface area contributed by atoms with E-state index < -0.39 is 32.7 Å². The van der Waals surface area contributed by atoms with E-state index in [0.717, 1.165) is 0 Å². The fraction of sp³-hybridized carbons (Fsp3) is 0.846. The van der Waals surface area contributed by atoms with Crippen LogP contribution in [0.25, 0.3) is 0 Å². The highest BCUT2D eigenvalue weighted by atomic mass is 32.2. The second-order valence-corrected chi connectivity index (χ2v) is 8.75. The molecule has 0 aliphatic carbocycles. The van der Waals surface area contributed by atoms with Crippen molar-refractivity contribution in [2.24, 2.45) is 0 Å². The first-order chi connectivity index (χ1) is 9.42. The molecule has 0 aromatic carbocycles. The first kappa shape index (κ1) is 17.7. The summed E-state index contributed by atoms with van der Waals surface area (Å²) >= 11 is 0. The van der Waals surface area contributed by atoms with E-state index in [-0.39, 0.29) is 24.9 Å². The van der Waals surface area contributed by atoms with Gasteiger partial charge in [0.2, 0.25) is 5.91 Å². The summed E-state index contributed by atoms with van der Waals surface area (Å²) in [6.45, 7) is 8.56. The van der Waals surface area contributed by atoms with Crippen LogP contribution in [-0.2, 0) is 19.4 Å². The minimum absolute atomic E-state index is 0.0444. The quantitative estimate of drug-likeness (QED) is 0.802. The number of carbonyl (C=O) groups excluding carboxylic acids is 2. The van der Waals surface area contributed by atoms with E-state index in [1.807, 2.05) is 0 Å². The van der Waals surface area contributed by atoms with Crippen molar-refractivity contribution in [1.29, 1.82) is 0 Å². The Morgan fingerprint density at radius 1 is 1.29 bits per heavy atom. The molecule has 0 spiro atoms. The maximum absolute atomic E-state index is 12.0. The van der Waals surface area contributed by atoms with E-state index in [4.69, 9.17) is 4.74 Å². The predicted molar refractivity (Wildman–Crippen MR) is 78.7 cm³/mol. The second-order valence-electron chi connectivity index (χ2n) is 6.45. The lowest BCUT2D eigenvalue weighted by atomic mass is 10.2. The summed E-state index contributed by atoms with van der Waals surface area (Å²) in [6, 6.07) is -0.162. The van der Waals surface area contributed by atoms with Gasteiger partial charge in [0.05, 0.1) is 5.75 Å². The van der Waals surface area contributed by atoms with Gasteiger partial charge in [0.25, 0.3) is 0 Å². The molecule has 1 aliphatic rings. The molecule has 122 valence electrons. The fourth-order valence-corrected chi connectivity index (χ4v) is 3.46. The Bertz CT molecular complexity index is 507. The summed E-state index contributed by atoms with van der Waals surface area (Å²) in [6.07, 6.45) is -0.597. The number of carbonyl (C=O) groups is 2. The van der Waals surface area contributed by atoms with Crippen LogP contribution in [0.15, 0.2) is 0 Å². The van der Waals surface area contributed by atoms with Crippen molar-refractivity contribution < 1.29 is 22.7 Å². The molecular weight excluding hydrogens is 296 g/mol. The van der Waals surface area contributed by atoms with Crippen molar-refractivity contribution in [3.8, 4) is 0 Å². The summed E-state index contributed by atoms with van der Waals surface area (Å²) < 4.78 is 29.3. The van der Waals surface area contributed by atoms with Crippen LogP contribution < -0.4 is 5.32 Å². The third-order valence-corrected chi connectivity index (χ3v) is 4.82. The van der Waals surface area contributed by atoms with Gasteiger partial charge in [-0.1, -0.05) is 0 Å². The number of ether oxygens (including phenoxy) is 1. The Morgan fingerprint density at radius 2 is 1.86 bits per heavy atom. The number of nitrogens with zero attached hydrogens (tertiary/aromatic N) is 1. The molecule has 1 heterocycles. The lowest BCUT2D eigenvalue weighted by Gasteiger charge is -2.33. The Kier molecular flexibility index (Phi) is 5.25. The average Bonchev–Trinajstić information content (AvgIpc) is 2.24. The van der Waals surface area contributed by atoms with Gasteiger partial charge in [0.15, 0.2) is 15.1 Å². The molecule has 1 aliphatic heterocycles. The van der Waals surface area contributed by atoms with Crippen LogP contribution in [0.1, 0.15) is 34.6 Å². The van der Waals surface area contributed by atoms with Crippen molar-refractivity contribution in [3.63, 3.8) is 0 Å². The Labute approximate surface area is 125 Å². The van der Waals surface area contributed by atoms with Crippen LogP contribution in [-0.4, -0.2) is 61.1 Å². The van der Waals surface area contributed by atoms with Gasteiger partial charge in [0, 0.05) is 19.1 Å². The number of rotatable bonds is 2. The molecule has 1 saturated heterocycles. The van der Waals surface area contributed by atoms with Crippen LogP contribution >= 0.6 is 0 Å². The van der Waals surface area contributed by atoms with E-state index in [1.54, 1.807) is 34.6 Å². The maximum atomic E-state index is 12.0. The summed E-state index contributed by atoms with van der Waals surface area (Å²) in [5.41, 5.74) is -0.664. The van der Waals surface area contributed by atoms with Gasteiger partial charge < -0.3 is 15.0 Å². The van der Waals surface area contributed by atoms with Gasteiger partial charge in [-0.15, -0.1) is 0 Å². The number of sulfone groups is 1. The molecule has 1 atom stereocenters. The lowest BCUT2D eigenvalue weighted by molar-refractivity contribution is -0.121. The molecule has 1 rings (SSSR count). The standard InChI is InChI=1S/C13H24N2O5S/c1-9(2)14-11(16)10-8-15(6-7-21(10,18)19)12(17)20-13(3,4)5/h9-10H,6-8H2,1-5H3,(H,14,16). The topological polar surface area (TPSA) is 92.8 Å². The Morgan fingerprint density at radius 3 is 2.33 bits per heavy atom. The van der Waals surface area contributed by atoms with Crippen LogP contribution in [0.4, 0.5) is 4.79 Å². The minimum Gasteiger partial charge on any atom is -0.444 e. The molecule has 0 saturated carbocycles. The van der Waals surface area contributed by atoms with E-state index in [9.17, 15) is 18.0 Å². The zero-order chi connectivity index (χ0) is 16.4. The van der Waals surface area contributed by atoms with Crippen LogP contribution in [0.5, 0.6) is 0 Å².